The lowest BCUT2D eigenvalue weighted by atomic mass is 9.33. The van der Waals surface area contributed by atoms with Gasteiger partial charge in [0.2, 0.25) is 0 Å². The second-order valence-corrected chi connectivity index (χ2v) is 15.0. The molecule has 0 heterocycles. The van der Waals surface area contributed by atoms with E-state index < -0.39 is 23.0 Å². The van der Waals surface area contributed by atoms with Gasteiger partial charge in [-0.15, -0.1) is 0 Å². The van der Waals surface area contributed by atoms with Crippen LogP contribution in [0, 0.1) is 44.3 Å². The molecule has 0 radical (unpaired) electrons. The summed E-state index contributed by atoms with van der Waals surface area (Å²) in [4.78, 5) is 0. The highest BCUT2D eigenvalue weighted by atomic mass is 16.3. The van der Waals surface area contributed by atoms with Crippen LogP contribution in [0.15, 0.2) is 11.1 Å². The summed E-state index contributed by atoms with van der Waals surface area (Å²) in [7, 11) is 0. The molecule has 9 unspecified atom stereocenters. The molecule has 9 atom stereocenters. The Morgan fingerprint density at radius 3 is 2.09 bits per heavy atom. The molecule has 0 aliphatic heterocycles. The molecule has 0 bridgehead atoms. The van der Waals surface area contributed by atoms with Crippen LogP contribution >= 0.6 is 0 Å². The van der Waals surface area contributed by atoms with E-state index in [9.17, 15) is 20.4 Å². The SMILES string of the molecule is CC1(C)CCC2(CO)C(=C3CCC4C5(C)CCC(O)C(C)(CO)C5CCC4(C)C3(C)CC2O)C1. The van der Waals surface area contributed by atoms with E-state index in [0.29, 0.717) is 11.8 Å². The smallest absolute Gasteiger partial charge is 0.0664 e. The molecule has 0 aromatic heterocycles. The van der Waals surface area contributed by atoms with Crippen molar-refractivity contribution in [2.24, 2.45) is 44.3 Å². The molecule has 4 N–H and O–H groups in total. The molecule has 5 aliphatic rings. The van der Waals surface area contributed by atoms with Crippen molar-refractivity contribution in [1.29, 1.82) is 0 Å². The van der Waals surface area contributed by atoms with Gasteiger partial charge in [-0.25, -0.2) is 0 Å². The summed E-state index contributed by atoms with van der Waals surface area (Å²) in [5.74, 6) is 0.834. The van der Waals surface area contributed by atoms with Gasteiger partial charge in [-0.3, -0.25) is 0 Å². The van der Waals surface area contributed by atoms with Gasteiger partial charge in [0.1, 0.15) is 0 Å². The van der Waals surface area contributed by atoms with Crippen LogP contribution in [0.3, 0.4) is 0 Å². The van der Waals surface area contributed by atoms with Gasteiger partial charge in [0, 0.05) is 10.8 Å². The predicted molar refractivity (Wildman–Crippen MR) is 135 cm³/mol. The average molecular weight is 475 g/mol. The minimum atomic E-state index is -0.491. The first-order valence-electron chi connectivity index (χ1n) is 14.0. The molecule has 0 aromatic carbocycles. The topological polar surface area (TPSA) is 80.9 Å². The third-order valence-electron chi connectivity index (χ3n) is 13.2. The van der Waals surface area contributed by atoms with Crippen molar-refractivity contribution in [3.8, 4) is 0 Å². The molecule has 5 aliphatic carbocycles. The van der Waals surface area contributed by atoms with Crippen LogP contribution < -0.4 is 0 Å². The second-order valence-electron chi connectivity index (χ2n) is 15.0. The molecule has 4 heteroatoms. The fraction of sp³-hybridized carbons (Fsp3) is 0.933. The van der Waals surface area contributed by atoms with Crippen LogP contribution in [0.2, 0.25) is 0 Å². The Hall–Kier alpha value is -0.420. The van der Waals surface area contributed by atoms with Gasteiger partial charge in [0.05, 0.1) is 25.4 Å². The largest absolute Gasteiger partial charge is 0.396 e. The monoisotopic (exact) mass is 474 g/mol. The van der Waals surface area contributed by atoms with Crippen molar-refractivity contribution in [2.75, 3.05) is 13.2 Å². The third kappa shape index (κ3) is 2.92. The van der Waals surface area contributed by atoms with Crippen molar-refractivity contribution in [3.05, 3.63) is 11.1 Å². The lowest BCUT2D eigenvalue weighted by molar-refractivity contribution is -0.222. The Kier molecular flexibility index (Phi) is 5.61. The number of aliphatic hydroxyl groups is 4. The zero-order chi connectivity index (χ0) is 24.9. The zero-order valence-electron chi connectivity index (χ0n) is 22.6. The summed E-state index contributed by atoms with van der Waals surface area (Å²) < 4.78 is 0. The third-order valence-corrected chi connectivity index (χ3v) is 13.2. The molecule has 0 aromatic rings. The van der Waals surface area contributed by atoms with Crippen LogP contribution in [0.1, 0.15) is 106 Å². The lowest BCUT2D eigenvalue weighted by Gasteiger charge is -2.71. The number of aliphatic hydroxyl groups excluding tert-OH is 4. The zero-order valence-corrected chi connectivity index (χ0v) is 22.6. The molecule has 5 rings (SSSR count). The Morgan fingerprint density at radius 1 is 0.735 bits per heavy atom. The first-order chi connectivity index (χ1) is 15.7. The Bertz CT molecular complexity index is 879. The minimum Gasteiger partial charge on any atom is -0.396 e. The maximum Gasteiger partial charge on any atom is 0.0664 e. The Labute approximate surface area is 207 Å². The molecule has 0 amide bonds. The fourth-order valence-electron chi connectivity index (χ4n) is 10.7. The molecule has 4 nitrogen and oxygen atoms in total. The summed E-state index contributed by atoms with van der Waals surface area (Å²) in [6, 6.07) is 0. The van der Waals surface area contributed by atoms with Crippen LogP contribution in [0.4, 0.5) is 0 Å². The van der Waals surface area contributed by atoms with Crippen LogP contribution in [0.5, 0.6) is 0 Å². The van der Waals surface area contributed by atoms with E-state index in [1.165, 1.54) is 5.57 Å². The molecular formula is C30H50O4. The molecule has 0 spiro atoms. The van der Waals surface area contributed by atoms with Crippen molar-refractivity contribution < 1.29 is 20.4 Å². The second kappa shape index (κ2) is 7.55. The van der Waals surface area contributed by atoms with Crippen molar-refractivity contribution in [2.45, 2.75) is 118 Å². The summed E-state index contributed by atoms with van der Waals surface area (Å²) >= 11 is 0. The minimum absolute atomic E-state index is 0.0528. The van der Waals surface area contributed by atoms with Crippen LogP contribution in [-0.4, -0.2) is 45.8 Å². The standard InChI is InChI=1S/C30H50O4/c1-25(2)13-14-30(18-32)20(15-25)19-7-8-22-26(3)11-10-23(33)27(4,17-31)21(26)9-12-28(22,5)29(19,6)16-24(30)34/h21-24,31-34H,7-18H2,1-6H3. The molecule has 34 heavy (non-hydrogen) atoms. The van der Waals surface area contributed by atoms with Gasteiger partial charge in [-0.05, 0) is 97.7 Å². The van der Waals surface area contributed by atoms with Gasteiger partial charge < -0.3 is 20.4 Å². The molecular weight excluding hydrogens is 424 g/mol. The van der Waals surface area contributed by atoms with E-state index in [1.54, 1.807) is 5.57 Å². The Morgan fingerprint density at radius 2 is 1.44 bits per heavy atom. The molecule has 4 saturated carbocycles. The number of hydrogen-bond acceptors (Lipinski definition) is 4. The van der Waals surface area contributed by atoms with E-state index in [1.807, 2.05) is 0 Å². The highest BCUT2D eigenvalue weighted by Gasteiger charge is 2.69. The number of rotatable bonds is 2. The number of allylic oxidation sites excluding steroid dienone is 1. The number of fused-ring (bicyclic) bond motifs is 6. The highest BCUT2D eigenvalue weighted by Crippen LogP contribution is 2.75. The van der Waals surface area contributed by atoms with Gasteiger partial charge in [-0.2, -0.15) is 0 Å². The van der Waals surface area contributed by atoms with Gasteiger partial charge in [-0.1, -0.05) is 52.7 Å². The summed E-state index contributed by atoms with van der Waals surface area (Å²) in [5.41, 5.74) is 2.39. The quantitative estimate of drug-likeness (QED) is 0.413. The number of hydrogen-bond donors (Lipinski definition) is 4. The van der Waals surface area contributed by atoms with E-state index in [4.69, 9.17) is 0 Å². The Balaban J connectivity index is 1.62. The summed E-state index contributed by atoms with van der Waals surface area (Å²) in [5, 5.41) is 43.7. The highest BCUT2D eigenvalue weighted by molar-refractivity contribution is 5.40. The molecule has 4 fully saturated rings. The summed E-state index contributed by atoms with van der Waals surface area (Å²) in [6.07, 6.45) is 8.88. The van der Waals surface area contributed by atoms with Crippen molar-refractivity contribution >= 4 is 0 Å². The molecule has 0 saturated heterocycles. The lowest BCUT2D eigenvalue weighted by Crippen LogP contribution is -2.66. The maximum atomic E-state index is 11.7. The van der Waals surface area contributed by atoms with Crippen LogP contribution in [-0.2, 0) is 0 Å². The van der Waals surface area contributed by atoms with Crippen molar-refractivity contribution in [3.63, 3.8) is 0 Å². The van der Waals surface area contributed by atoms with E-state index >= 15 is 0 Å². The van der Waals surface area contributed by atoms with Crippen molar-refractivity contribution in [1.82, 2.24) is 0 Å². The van der Waals surface area contributed by atoms with Gasteiger partial charge >= 0.3 is 0 Å². The molecule has 194 valence electrons. The van der Waals surface area contributed by atoms with E-state index in [-0.39, 0.29) is 34.9 Å². The maximum absolute atomic E-state index is 11.7. The van der Waals surface area contributed by atoms with E-state index in [0.717, 1.165) is 64.2 Å². The van der Waals surface area contributed by atoms with E-state index in [2.05, 4.69) is 41.5 Å². The van der Waals surface area contributed by atoms with Crippen LogP contribution in [0.25, 0.3) is 0 Å². The average Bonchev–Trinajstić information content (AvgIpc) is 2.77. The predicted octanol–water partition coefficient (Wildman–Crippen LogP) is 5.23. The normalized spacial score (nSPS) is 54.5. The fourth-order valence-corrected chi connectivity index (χ4v) is 10.7. The summed E-state index contributed by atoms with van der Waals surface area (Å²) in [6.45, 7) is 14.3. The first kappa shape index (κ1) is 25.2. The van der Waals surface area contributed by atoms with Gasteiger partial charge in [0.25, 0.3) is 0 Å². The first-order valence-corrected chi connectivity index (χ1v) is 14.0. The van der Waals surface area contributed by atoms with Gasteiger partial charge in [0.15, 0.2) is 0 Å².